The lowest BCUT2D eigenvalue weighted by atomic mass is 10.1. The van der Waals surface area contributed by atoms with Crippen LogP contribution >= 0.6 is 15.9 Å². The van der Waals surface area contributed by atoms with Crippen LogP contribution in [0.1, 0.15) is 16.8 Å². The molecule has 4 heteroatoms. The quantitative estimate of drug-likeness (QED) is 0.907. The van der Waals surface area contributed by atoms with Gasteiger partial charge in [-0.15, -0.1) is 0 Å². The summed E-state index contributed by atoms with van der Waals surface area (Å²) in [5, 5.41) is 8.56. The minimum atomic E-state index is 0.0155. The highest BCUT2D eigenvalue weighted by Gasteiger charge is 2.15. The number of rotatable bonds is 3. The molecule has 0 radical (unpaired) electrons. The highest BCUT2D eigenvalue weighted by molar-refractivity contribution is 9.10. The Bertz CT molecular complexity index is 635. The molecule has 3 nitrogen and oxygen atoms in total. The van der Waals surface area contributed by atoms with Crippen molar-refractivity contribution in [3.8, 4) is 0 Å². The zero-order valence-corrected chi connectivity index (χ0v) is 12.7. The molecule has 1 fully saturated rings. The van der Waals surface area contributed by atoms with Crippen molar-refractivity contribution in [2.75, 3.05) is 19.6 Å². The van der Waals surface area contributed by atoms with E-state index in [-0.39, 0.29) is 5.91 Å². The lowest BCUT2D eigenvalue weighted by molar-refractivity contribution is 0.0948. The Labute approximate surface area is 126 Å². The van der Waals surface area contributed by atoms with Crippen molar-refractivity contribution < 1.29 is 4.79 Å². The largest absolute Gasteiger partial charge is 0.352 e. The number of hydrogen-bond donors (Lipinski definition) is 2. The van der Waals surface area contributed by atoms with Crippen molar-refractivity contribution in [3.63, 3.8) is 0 Å². The van der Waals surface area contributed by atoms with E-state index in [4.69, 9.17) is 0 Å². The summed E-state index contributed by atoms with van der Waals surface area (Å²) < 4.78 is 1.05. The van der Waals surface area contributed by atoms with Crippen LogP contribution in [0.5, 0.6) is 0 Å². The number of carbonyl (C=O) groups is 1. The maximum atomic E-state index is 12.2. The summed E-state index contributed by atoms with van der Waals surface area (Å²) in [5.74, 6) is 0.581. The summed E-state index contributed by atoms with van der Waals surface area (Å²) in [4.78, 5) is 12.2. The normalized spacial score (nSPS) is 18.4. The molecule has 3 rings (SSSR count). The summed E-state index contributed by atoms with van der Waals surface area (Å²) in [5.41, 5.74) is 0.728. The van der Waals surface area contributed by atoms with Gasteiger partial charge in [0, 0.05) is 16.6 Å². The van der Waals surface area contributed by atoms with Crippen molar-refractivity contribution in [2.45, 2.75) is 6.42 Å². The molecule has 0 spiro atoms. The molecule has 0 aromatic heterocycles. The van der Waals surface area contributed by atoms with Crippen LogP contribution < -0.4 is 10.6 Å². The predicted octanol–water partition coefficient (Wildman–Crippen LogP) is 2.94. The zero-order chi connectivity index (χ0) is 13.9. The number of hydrogen-bond acceptors (Lipinski definition) is 2. The Morgan fingerprint density at radius 1 is 1.25 bits per heavy atom. The number of carbonyl (C=O) groups excluding carboxylic acids is 1. The third kappa shape index (κ3) is 3.02. The van der Waals surface area contributed by atoms with Gasteiger partial charge >= 0.3 is 0 Å². The van der Waals surface area contributed by atoms with Crippen molar-refractivity contribution in [2.24, 2.45) is 5.92 Å². The van der Waals surface area contributed by atoms with Gasteiger partial charge in [-0.25, -0.2) is 0 Å². The van der Waals surface area contributed by atoms with E-state index in [1.54, 1.807) is 0 Å². The Balaban J connectivity index is 1.72. The maximum Gasteiger partial charge on any atom is 0.251 e. The molecule has 0 aliphatic carbocycles. The van der Waals surface area contributed by atoms with E-state index < -0.39 is 0 Å². The molecule has 1 unspecified atom stereocenters. The average molecular weight is 333 g/mol. The van der Waals surface area contributed by atoms with E-state index in [1.165, 1.54) is 0 Å². The van der Waals surface area contributed by atoms with Crippen LogP contribution in [0.2, 0.25) is 0 Å². The highest BCUT2D eigenvalue weighted by Crippen LogP contribution is 2.21. The fourth-order valence-electron chi connectivity index (χ4n) is 2.59. The van der Waals surface area contributed by atoms with Crippen LogP contribution in [0.15, 0.2) is 40.9 Å². The Morgan fingerprint density at radius 3 is 2.85 bits per heavy atom. The molecule has 2 N–H and O–H groups in total. The standard InChI is InChI=1S/C16H17BrN2O/c17-15-4-3-12-7-14(2-1-13(12)8-15)16(20)19-10-11-5-6-18-9-11/h1-4,7-8,11,18H,5-6,9-10H2,(H,19,20). The van der Waals surface area contributed by atoms with Gasteiger partial charge in [-0.1, -0.05) is 28.1 Å². The van der Waals surface area contributed by atoms with Gasteiger partial charge in [0.25, 0.3) is 5.91 Å². The Kier molecular flexibility index (Phi) is 4.03. The molecule has 2 aromatic carbocycles. The molecule has 0 saturated carbocycles. The van der Waals surface area contributed by atoms with Crippen LogP contribution in [0.25, 0.3) is 10.8 Å². The lowest BCUT2D eigenvalue weighted by Crippen LogP contribution is -2.30. The maximum absolute atomic E-state index is 12.2. The first-order chi connectivity index (χ1) is 9.72. The second kappa shape index (κ2) is 5.94. The van der Waals surface area contributed by atoms with Crippen molar-refractivity contribution in [1.82, 2.24) is 10.6 Å². The minimum Gasteiger partial charge on any atom is -0.352 e. The first-order valence-electron chi connectivity index (χ1n) is 6.90. The van der Waals surface area contributed by atoms with E-state index in [0.717, 1.165) is 46.9 Å². The summed E-state index contributed by atoms with van der Waals surface area (Å²) in [7, 11) is 0. The average Bonchev–Trinajstić information content (AvgIpc) is 2.97. The Hall–Kier alpha value is -1.39. The summed E-state index contributed by atoms with van der Waals surface area (Å²) in [6.45, 7) is 2.82. The fourth-order valence-corrected chi connectivity index (χ4v) is 2.96. The molecular formula is C16H17BrN2O. The second-order valence-electron chi connectivity index (χ2n) is 5.28. The number of fused-ring (bicyclic) bond motifs is 1. The van der Waals surface area contributed by atoms with Crippen molar-refractivity contribution >= 4 is 32.6 Å². The summed E-state index contributed by atoms with van der Waals surface area (Å²) >= 11 is 3.46. The lowest BCUT2D eigenvalue weighted by Gasteiger charge is -2.10. The van der Waals surface area contributed by atoms with Crippen molar-refractivity contribution in [3.05, 3.63) is 46.4 Å². The third-order valence-corrected chi connectivity index (χ3v) is 4.27. The first kappa shape index (κ1) is 13.6. The van der Waals surface area contributed by atoms with Crippen LogP contribution in [-0.4, -0.2) is 25.5 Å². The smallest absolute Gasteiger partial charge is 0.251 e. The van der Waals surface area contributed by atoms with E-state index in [0.29, 0.717) is 5.92 Å². The number of halogens is 1. The fraction of sp³-hybridized carbons (Fsp3) is 0.312. The topological polar surface area (TPSA) is 41.1 Å². The molecule has 1 atom stereocenters. The molecule has 104 valence electrons. The van der Waals surface area contributed by atoms with E-state index >= 15 is 0 Å². The van der Waals surface area contributed by atoms with E-state index in [1.807, 2.05) is 30.3 Å². The van der Waals surface area contributed by atoms with Crippen LogP contribution in [-0.2, 0) is 0 Å². The monoisotopic (exact) mass is 332 g/mol. The van der Waals surface area contributed by atoms with Crippen molar-refractivity contribution in [1.29, 1.82) is 0 Å². The van der Waals surface area contributed by atoms with E-state index in [9.17, 15) is 4.79 Å². The van der Waals surface area contributed by atoms with Gasteiger partial charge in [0.1, 0.15) is 0 Å². The second-order valence-corrected chi connectivity index (χ2v) is 6.19. The molecule has 20 heavy (non-hydrogen) atoms. The molecule has 1 aliphatic rings. The van der Waals surface area contributed by atoms with E-state index in [2.05, 4.69) is 32.6 Å². The molecule has 1 amide bonds. The predicted molar refractivity (Wildman–Crippen MR) is 85.0 cm³/mol. The van der Waals surface area contributed by atoms with Gasteiger partial charge in [0.15, 0.2) is 0 Å². The van der Waals surface area contributed by atoms with Gasteiger partial charge in [-0.05, 0) is 60.5 Å². The molecule has 2 aromatic rings. The number of nitrogens with one attached hydrogen (secondary N) is 2. The van der Waals surface area contributed by atoms with Gasteiger partial charge in [-0.2, -0.15) is 0 Å². The van der Waals surface area contributed by atoms with Gasteiger partial charge in [-0.3, -0.25) is 4.79 Å². The highest BCUT2D eigenvalue weighted by atomic mass is 79.9. The Morgan fingerprint density at radius 2 is 2.05 bits per heavy atom. The molecular weight excluding hydrogens is 316 g/mol. The van der Waals surface area contributed by atoms with Crippen LogP contribution in [0.4, 0.5) is 0 Å². The molecule has 1 saturated heterocycles. The van der Waals surface area contributed by atoms with Crippen LogP contribution in [0.3, 0.4) is 0 Å². The SMILES string of the molecule is O=C(NCC1CCNC1)c1ccc2cc(Br)ccc2c1. The van der Waals surface area contributed by atoms with Crippen LogP contribution in [0, 0.1) is 5.92 Å². The summed E-state index contributed by atoms with van der Waals surface area (Å²) in [6.07, 6.45) is 1.14. The number of amides is 1. The van der Waals surface area contributed by atoms with Gasteiger partial charge < -0.3 is 10.6 Å². The first-order valence-corrected chi connectivity index (χ1v) is 7.70. The van der Waals surface area contributed by atoms with Gasteiger partial charge in [0.05, 0.1) is 0 Å². The zero-order valence-electron chi connectivity index (χ0n) is 11.2. The van der Waals surface area contributed by atoms with Gasteiger partial charge in [0.2, 0.25) is 0 Å². The summed E-state index contributed by atoms with van der Waals surface area (Å²) in [6, 6.07) is 11.9. The minimum absolute atomic E-state index is 0.0155. The third-order valence-electron chi connectivity index (χ3n) is 3.78. The molecule has 0 bridgehead atoms. The molecule has 1 aliphatic heterocycles. The molecule has 1 heterocycles. The number of benzene rings is 2.